The van der Waals surface area contributed by atoms with Crippen molar-refractivity contribution in [1.29, 1.82) is 0 Å². The molecule has 1 fully saturated rings. The van der Waals surface area contributed by atoms with Crippen molar-refractivity contribution in [3.63, 3.8) is 0 Å². The Labute approximate surface area is 133 Å². The molecule has 2 N–H and O–H groups in total. The third-order valence-electron chi connectivity index (χ3n) is 5.06. The van der Waals surface area contributed by atoms with E-state index < -0.39 is 0 Å². The van der Waals surface area contributed by atoms with Gasteiger partial charge < -0.3 is 14.8 Å². The van der Waals surface area contributed by atoms with E-state index in [1.165, 1.54) is 0 Å². The molecule has 1 saturated carbocycles. The summed E-state index contributed by atoms with van der Waals surface area (Å²) in [5.74, 6) is 1.05. The summed E-state index contributed by atoms with van der Waals surface area (Å²) in [6, 6.07) is 2.06. The van der Waals surface area contributed by atoms with E-state index >= 15 is 0 Å². The van der Waals surface area contributed by atoms with Gasteiger partial charge in [0.15, 0.2) is 0 Å². The highest BCUT2D eigenvalue weighted by molar-refractivity contribution is 6.03. The normalized spacial score (nSPS) is 22.0. The first-order valence-corrected chi connectivity index (χ1v) is 8.15. The summed E-state index contributed by atoms with van der Waals surface area (Å²) in [6.07, 6.45) is 7.66. The first kappa shape index (κ1) is 14.4. The second-order valence-electron chi connectivity index (χ2n) is 6.45. The predicted molar refractivity (Wildman–Crippen MR) is 88.4 cm³/mol. The zero-order chi connectivity index (χ0) is 16.0. The number of hydrogen-bond donors (Lipinski definition) is 1. The van der Waals surface area contributed by atoms with Gasteiger partial charge in [-0.3, -0.25) is 9.78 Å². The third-order valence-corrected chi connectivity index (χ3v) is 5.06. The van der Waals surface area contributed by atoms with Crippen LogP contribution in [-0.2, 0) is 0 Å². The molecule has 0 amide bonds. The molecule has 1 aliphatic carbocycles. The summed E-state index contributed by atoms with van der Waals surface area (Å²) in [4.78, 5) is 17.3. The molecule has 2 atom stereocenters. The maximum Gasteiger partial charge on any atom is 0.264 e. The van der Waals surface area contributed by atoms with E-state index in [4.69, 9.17) is 10.3 Å². The largest absolute Gasteiger partial charge is 0.360 e. The first-order valence-electron chi connectivity index (χ1n) is 8.15. The predicted octanol–water partition coefficient (Wildman–Crippen LogP) is 2.54. The number of hydrogen-bond acceptors (Lipinski definition) is 5. The molecule has 3 aromatic rings. The molecule has 0 spiro atoms. The van der Waals surface area contributed by atoms with E-state index in [0.717, 1.165) is 36.6 Å². The van der Waals surface area contributed by atoms with Crippen LogP contribution in [-0.4, -0.2) is 21.3 Å². The van der Waals surface area contributed by atoms with Gasteiger partial charge in [0, 0.05) is 17.6 Å². The van der Waals surface area contributed by atoms with E-state index in [2.05, 4.69) is 10.1 Å². The fourth-order valence-electron chi connectivity index (χ4n) is 3.89. The first-order chi connectivity index (χ1) is 11.2. The highest BCUT2D eigenvalue weighted by atomic mass is 16.5. The van der Waals surface area contributed by atoms with Crippen molar-refractivity contribution >= 4 is 21.8 Å². The monoisotopic (exact) mass is 312 g/mol. The maximum atomic E-state index is 13.1. The lowest BCUT2D eigenvalue weighted by atomic mass is 9.85. The Hall–Kier alpha value is -2.21. The van der Waals surface area contributed by atoms with Crippen molar-refractivity contribution in [1.82, 2.24) is 14.7 Å². The molecule has 0 aromatic carbocycles. The maximum absolute atomic E-state index is 13.1. The zero-order valence-corrected chi connectivity index (χ0v) is 13.2. The topological polar surface area (TPSA) is 86.9 Å². The lowest BCUT2D eigenvalue weighted by Crippen LogP contribution is -2.31. The number of nitrogens with zero attached hydrogens (tertiary/aromatic N) is 3. The second-order valence-corrected chi connectivity index (χ2v) is 6.45. The molecule has 2 unspecified atom stereocenters. The van der Waals surface area contributed by atoms with Crippen molar-refractivity contribution in [2.75, 3.05) is 6.54 Å². The summed E-state index contributed by atoms with van der Waals surface area (Å²) >= 11 is 0. The molecule has 0 bridgehead atoms. The standard InChI is InChI=1S/C17H20N4O2/c1-10-15-16(20-23-10)13-5-6-19-9-14(13)21(17(15)22)12-4-2-3-11(7-12)8-18/h5-6,9,11-12H,2-4,7-8,18H2,1H3. The molecule has 0 saturated heterocycles. The van der Waals surface area contributed by atoms with Gasteiger partial charge in [-0.05, 0) is 44.7 Å². The number of aromatic nitrogens is 3. The minimum atomic E-state index is -0.0260. The number of pyridine rings is 2. The SMILES string of the molecule is Cc1onc2c1c(=O)n(C1CCCC(CN)C1)c1cnccc21. The Kier molecular flexibility index (Phi) is 3.41. The molecule has 3 heterocycles. The van der Waals surface area contributed by atoms with Crippen LogP contribution < -0.4 is 11.3 Å². The van der Waals surface area contributed by atoms with Crippen molar-refractivity contribution in [3.05, 3.63) is 34.6 Å². The van der Waals surface area contributed by atoms with Crippen molar-refractivity contribution in [3.8, 4) is 0 Å². The van der Waals surface area contributed by atoms with Crippen LogP contribution in [0.1, 0.15) is 37.5 Å². The quantitative estimate of drug-likeness (QED) is 0.785. The minimum absolute atomic E-state index is 0.0260. The van der Waals surface area contributed by atoms with E-state index in [1.54, 1.807) is 19.3 Å². The van der Waals surface area contributed by atoms with Gasteiger partial charge in [-0.2, -0.15) is 0 Å². The van der Waals surface area contributed by atoms with Crippen molar-refractivity contribution in [2.45, 2.75) is 38.6 Å². The number of fused-ring (bicyclic) bond motifs is 3. The highest BCUT2D eigenvalue weighted by Gasteiger charge is 2.26. The molecule has 4 rings (SSSR count). The van der Waals surface area contributed by atoms with Crippen LogP contribution in [0.2, 0.25) is 0 Å². The molecule has 0 aliphatic heterocycles. The number of nitrogens with two attached hydrogens (primary N) is 1. The Balaban J connectivity index is 2.02. The van der Waals surface area contributed by atoms with E-state index in [0.29, 0.717) is 29.1 Å². The molecule has 23 heavy (non-hydrogen) atoms. The molecular weight excluding hydrogens is 292 g/mol. The molecule has 6 heteroatoms. The number of rotatable bonds is 2. The fraction of sp³-hybridized carbons (Fsp3) is 0.471. The van der Waals surface area contributed by atoms with Gasteiger partial charge in [-0.1, -0.05) is 11.6 Å². The van der Waals surface area contributed by atoms with Crippen LogP contribution in [0.5, 0.6) is 0 Å². The smallest absolute Gasteiger partial charge is 0.264 e. The lowest BCUT2D eigenvalue weighted by Gasteiger charge is -2.30. The average molecular weight is 312 g/mol. The molecule has 6 nitrogen and oxygen atoms in total. The van der Waals surface area contributed by atoms with Crippen LogP contribution >= 0.6 is 0 Å². The van der Waals surface area contributed by atoms with Gasteiger partial charge in [-0.25, -0.2) is 0 Å². The summed E-state index contributed by atoms with van der Waals surface area (Å²) in [5.41, 5.74) is 7.31. The van der Waals surface area contributed by atoms with Gasteiger partial charge in [0.2, 0.25) is 0 Å². The molecule has 120 valence electrons. The van der Waals surface area contributed by atoms with E-state index in [-0.39, 0.29) is 11.6 Å². The summed E-state index contributed by atoms with van der Waals surface area (Å²) in [5, 5.41) is 5.59. The van der Waals surface area contributed by atoms with Gasteiger partial charge in [-0.15, -0.1) is 0 Å². The van der Waals surface area contributed by atoms with Crippen LogP contribution in [0.25, 0.3) is 21.8 Å². The lowest BCUT2D eigenvalue weighted by molar-refractivity contribution is 0.273. The van der Waals surface area contributed by atoms with Gasteiger partial charge >= 0.3 is 0 Å². The third kappa shape index (κ3) is 2.16. The molecule has 1 aliphatic rings. The van der Waals surface area contributed by atoms with Crippen molar-refractivity contribution in [2.24, 2.45) is 11.7 Å². The minimum Gasteiger partial charge on any atom is -0.360 e. The van der Waals surface area contributed by atoms with Crippen LogP contribution in [0.15, 0.2) is 27.8 Å². The fourth-order valence-corrected chi connectivity index (χ4v) is 3.89. The van der Waals surface area contributed by atoms with E-state index in [1.807, 2.05) is 10.6 Å². The summed E-state index contributed by atoms with van der Waals surface area (Å²) < 4.78 is 7.18. The van der Waals surface area contributed by atoms with Crippen LogP contribution in [0, 0.1) is 12.8 Å². The highest BCUT2D eigenvalue weighted by Crippen LogP contribution is 2.34. The Morgan fingerprint density at radius 3 is 3.13 bits per heavy atom. The van der Waals surface area contributed by atoms with Gasteiger partial charge in [0.1, 0.15) is 16.7 Å². The Bertz CT molecular complexity index is 927. The summed E-state index contributed by atoms with van der Waals surface area (Å²) in [6.45, 7) is 2.47. The van der Waals surface area contributed by atoms with Gasteiger partial charge in [0.25, 0.3) is 5.56 Å². The zero-order valence-electron chi connectivity index (χ0n) is 13.2. The summed E-state index contributed by atoms with van der Waals surface area (Å²) in [7, 11) is 0. The average Bonchev–Trinajstić information content (AvgIpc) is 2.98. The van der Waals surface area contributed by atoms with Crippen LogP contribution in [0.4, 0.5) is 0 Å². The van der Waals surface area contributed by atoms with Crippen molar-refractivity contribution < 1.29 is 4.52 Å². The Morgan fingerprint density at radius 2 is 2.30 bits per heavy atom. The van der Waals surface area contributed by atoms with E-state index in [9.17, 15) is 4.79 Å². The van der Waals surface area contributed by atoms with Crippen LogP contribution in [0.3, 0.4) is 0 Å². The number of aryl methyl sites for hydroxylation is 1. The molecular formula is C17H20N4O2. The van der Waals surface area contributed by atoms with Gasteiger partial charge in [0.05, 0.1) is 11.7 Å². The Morgan fingerprint density at radius 1 is 1.43 bits per heavy atom. The molecule has 3 aromatic heterocycles. The molecule has 0 radical (unpaired) electrons. The second kappa shape index (κ2) is 5.45.